The van der Waals surface area contributed by atoms with Gasteiger partial charge in [-0.1, -0.05) is 41.9 Å². The summed E-state index contributed by atoms with van der Waals surface area (Å²) in [5.74, 6) is 0. The van der Waals surface area contributed by atoms with Crippen molar-refractivity contribution in [2.75, 3.05) is 6.61 Å². The van der Waals surface area contributed by atoms with Gasteiger partial charge < -0.3 is 0 Å². The van der Waals surface area contributed by atoms with Gasteiger partial charge in [0.05, 0.1) is 6.61 Å². The van der Waals surface area contributed by atoms with E-state index < -0.39 is 5.56 Å². The molecule has 0 heterocycles. The molecule has 0 saturated heterocycles. The van der Waals surface area contributed by atoms with E-state index in [4.69, 9.17) is 21.4 Å². The van der Waals surface area contributed by atoms with Gasteiger partial charge in [0.15, 0.2) is 5.56 Å². The average Bonchev–Trinajstić information content (AvgIpc) is 2.15. The molecule has 0 aliphatic rings. The van der Waals surface area contributed by atoms with Crippen LogP contribution in [0.25, 0.3) is 0 Å². The van der Waals surface area contributed by atoms with Gasteiger partial charge in [-0.3, -0.25) is 0 Å². The molecular formula is C9H11ClO2. The Balaban J connectivity index is 2.48. The molecule has 0 aromatic heterocycles. The van der Waals surface area contributed by atoms with Gasteiger partial charge in [-0.15, -0.1) is 0 Å². The molecule has 0 saturated carbocycles. The number of alkyl halides is 1. The minimum Gasteiger partial charge on any atom is -0.235 e. The first kappa shape index (κ1) is 9.52. The van der Waals surface area contributed by atoms with Crippen LogP contribution in [0.3, 0.4) is 0 Å². The van der Waals surface area contributed by atoms with Gasteiger partial charge in [-0.2, -0.15) is 0 Å². The molecule has 0 N–H and O–H groups in total. The van der Waals surface area contributed by atoms with E-state index in [2.05, 4.69) is 0 Å². The van der Waals surface area contributed by atoms with Crippen molar-refractivity contribution in [3.63, 3.8) is 0 Å². The second kappa shape index (κ2) is 5.14. The quantitative estimate of drug-likeness (QED) is 0.409. The fourth-order valence-electron chi connectivity index (χ4n) is 0.788. The second-order valence-corrected chi connectivity index (χ2v) is 2.63. The second-order valence-electron chi connectivity index (χ2n) is 2.23. The third kappa shape index (κ3) is 2.81. The van der Waals surface area contributed by atoms with E-state index in [0.717, 1.165) is 5.56 Å². The van der Waals surface area contributed by atoms with Gasteiger partial charge in [0.25, 0.3) is 0 Å². The highest BCUT2D eigenvalue weighted by Gasteiger charge is 2.06. The summed E-state index contributed by atoms with van der Waals surface area (Å²) in [4.78, 5) is 9.56. The Morgan fingerprint density at radius 2 is 2.00 bits per heavy atom. The van der Waals surface area contributed by atoms with Gasteiger partial charge in [-0.05, 0) is 12.5 Å². The van der Waals surface area contributed by atoms with Crippen molar-refractivity contribution in [2.45, 2.75) is 12.5 Å². The van der Waals surface area contributed by atoms with Crippen molar-refractivity contribution >= 4 is 11.6 Å². The van der Waals surface area contributed by atoms with Crippen LogP contribution < -0.4 is 0 Å². The number of halogens is 1. The Bertz CT molecular complexity index is 213. The average molecular weight is 187 g/mol. The molecule has 66 valence electrons. The van der Waals surface area contributed by atoms with Crippen LogP contribution in [-0.2, 0) is 9.78 Å². The van der Waals surface area contributed by atoms with Gasteiger partial charge in [0, 0.05) is 0 Å². The third-order valence-corrected chi connectivity index (χ3v) is 1.66. The largest absolute Gasteiger partial charge is 0.235 e. The lowest BCUT2D eigenvalue weighted by molar-refractivity contribution is -0.305. The molecule has 0 radical (unpaired) electrons. The molecule has 1 aromatic rings. The zero-order valence-electron chi connectivity index (χ0n) is 6.87. The molecule has 1 rings (SSSR count). The van der Waals surface area contributed by atoms with Crippen LogP contribution in [0, 0.1) is 0 Å². The fraction of sp³-hybridized carbons (Fsp3) is 0.333. The summed E-state index contributed by atoms with van der Waals surface area (Å²) in [6.07, 6.45) is 0. The maximum Gasteiger partial charge on any atom is 0.191 e. The smallest absolute Gasteiger partial charge is 0.191 e. The highest BCUT2D eigenvalue weighted by atomic mass is 35.5. The van der Waals surface area contributed by atoms with Crippen molar-refractivity contribution < 1.29 is 9.78 Å². The molecule has 0 fully saturated rings. The summed E-state index contributed by atoms with van der Waals surface area (Å²) in [5, 5.41) is 0. The molecular weight excluding hydrogens is 176 g/mol. The summed E-state index contributed by atoms with van der Waals surface area (Å²) >= 11 is 5.84. The molecule has 0 spiro atoms. The Morgan fingerprint density at radius 3 is 2.58 bits per heavy atom. The summed E-state index contributed by atoms with van der Waals surface area (Å²) < 4.78 is 0. The van der Waals surface area contributed by atoms with E-state index in [0.29, 0.717) is 6.61 Å². The van der Waals surface area contributed by atoms with E-state index in [1.165, 1.54) is 0 Å². The molecule has 1 unspecified atom stereocenters. The van der Waals surface area contributed by atoms with E-state index in [1.807, 2.05) is 37.3 Å². The lowest BCUT2D eigenvalue weighted by Crippen LogP contribution is -1.98. The van der Waals surface area contributed by atoms with Gasteiger partial charge in [0.1, 0.15) is 0 Å². The molecule has 2 nitrogen and oxygen atoms in total. The van der Waals surface area contributed by atoms with Crippen LogP contribution >= 0.6 is 11.6 Å². The fourth-order valence-corrected chi connectivity index (χ4v) is 0.985. The third-order valence-electron chi connectivity index (χ3n) is 1.33. The van der Waals surface area contributed by atoms with E-state index in [9.17, 15) is 0 Å². The first-order valence-corrected chi connectivity index (χ1v) is 4.25. The molecule has 1 atom stereocenters. The maximum atomic E-state index is 5.84. The van der Waals surface area contributed by atoms with Crippen LogP contribution in [0.15, 0.2) is 30.3 Å². The predicted molar refractivity (Wildman–Crippen MR) is 47.7 cm³/mol. The summed E-state index contributed by atoms with van der Waals surface area (Å²) in [7, 11) is 0. The van der Waals surface area contributed by atoms with E-state index >= 15 is 0 Å². The van der Waals surface area contributed by atoms with E-state index in [1.54, 1.807) is 0 Å². The standard InChI is InChI=1S/C9H11ClO2/c1-2-11-12-9(10)8-6-4-3-5-7-8/h3-7,9H,2H2,1H3. The number of hydrogen-bond donors (Lipinski definition) is 0. The van der Waals surface area contributed by atoms with Crippen LogP contribution in [0.2, 0.25) is 0 Å². The SMILES string of the molecule is CCOOC(Cl)c1ccccc1. The first-order chi connectivity index (χ1) is 5.84. The highest BCUT2D eigenvalue weighted by molar-refractivity contribution is 6.19. The molecule has 3 heteroatoms. The summed E-state index contributed by atoms with van der Waals surface area (Å²) in [6.45, 7) is 2.34. The van der Waals surface area contributed by atoms with Crippen molar-refractivity contribution in [3.8, 4) is 0 Å². The van der Waals surface area contributed by atoms with Crippen molar-refractivity contribution in [1.82, 2.24) is 0 Å². The zero-order chi connectivity index (χ0) is 8.81. The molecule has 0 aliphatic carbocycles. The lowest BCUT2D eigenvalue weighted by atomic mass is 10.2. The molecule has 0 aliphatic heterocycles. The summed E-state index contributed by atoms with van der Waals surface area (Å²) in [6, 6.07) is 9.50. The van der Waals surface area contributed by atoms with Crippen LogP contribution in [0.4, 0.5) is 0 Å². The molecule has 0 bridgehead atoms. The topological polar surface area (TPSA) is 18.5 Å². The molecule has 0 amide bonds. The van der Waals surface area contributed by atoms with E-state index in [-0.39, 0.29) is 0 Å². The normalized spacial score (nSPS) is 12.8. The maximum absolute atomic E-state index is 5.84. The van der Waals surface area contributed by atoms with Crippen molar-refractivity contribution in [3.05, 3.63) is 35.9 Å². The Morgan fingerprint density at radius 1 is 1.33 bits per heavy atom. The van der Waals surface area contributed by atoms with Gasteiger partial charge in [0.2, 0.25) is 0 Å². The molecule has 1 aromatic carbocycles. The van der Waals surface area contributed by atoms with Crippen LogP contribution in [0.1, 0.15) is 18.1 Å². The molecule has 12 heavy (non-hydrogen) atoms. The van der Waals surface area contributed by atoms with Crippen LogP contribution in [-0.4, -0.2) is 6.61 Å². The Hall–Kier alpha value is -0.570. The van der Waals surface area contributed by atoms with Crippen LogP contribution in [0.5, 0.6) is 0 Å². The minimum absolute atomic E-state index is 0.496. The number of rotatable bonds is 4. The first-order valence-electron chi connectivity index (χ1n) is 3.82. The lowest BCUT2D eigenvalue weighted by Gasteiger charge is -2.08. The number of hydrogen-bond acceptors (Lipinski definition) is 2. The minimum atomic E-state index is -0.522. The predicted octanol–water partition coefficient (Wildman–Crippen LogP) is 2.89. The Labute approximate surface area is 77.0 Å². The highest BCUT2D eigenvalue weighted by Crippen LogP contribution is 2.20. The van der Waals surface area contributed by atoms with Crippen molar-refractivity contribution in [2.24, 2.45) is 0 Å². The monoisotopic (exact) mass is 186 g/mol. The zero-order valence-corrected chi connectivity index (χ0v) is 7.62. The Kier molecular flexibility index (Phi) is 4.08. The van der Waals surface area contributed by atoms with Gasteiger partial charge >= 0.3 is 0 Å². The number of benzene rings is 1. The van der Waals surface area contributed by atoms with Crippen molar-refractivity contribution in [1.29, 1.82) is 0 Å². The van der Waals surface area contributed by atoms with Gasteiger partial charge in [-0.25, -0.2) is 9.78 Å². The summed E-state index contributed by atoms with van der Waals surface area (Å²) in [5.41, 5.74) is 0.374.